The SMILES string of the molecule is COc1cccnc1-c1ccc(CNc2cc(NC[C@H]3CCNC[C@@H]3O)nc3c(C4CC4)cnn23)cc1. The molecule has 0 spiro atoms. The number of methoxy groups -OCH3 is 1. The van der Waals surface area contributed by atoms with E-state index in [-0.39, 0.29) is 12.0 Å². The van der Waals surface area contributed by atoms with Gasteiger partial charge in [-0.1, -0.05) is 24.3 Å². The second-order valence-corrected chi connectivity index (χ2v) is 9.94. The van der Waals surface area contributed by atoms with Crippen molar-refractivity contribution in [2.45, 2.75) is 37.8 Å². The smallest absolute Gasteiger partial charge is 0.163 e. The first-order valence-corrected chi connectivity index (χ1v) is 13.0. The Labute approximate surface area is 216 Å². The molecular formula is C28H33N7O2. The predicted octanol–water partition coefficient (Wildman–Crippen LogP) is 3.67. The molecule has 3 aromatic heterocycles. The van der Waals surface area contributed by atoms with Crippen LogP contribution in [0, 0.1) is 5.92 Å². The second-order valence-electron chi connectivity index (χ2n) is 9.94. The average Bonchev–Trinajstić information content (AvgIpc) is 3.70. The van der Waals surface area contributed by atoms with Gasteiger partial charge in [-0.3, -0.25) is 4.98 Å². The highest BCUT2D eigenvalue weighted by Gasteiger charge is 2.28. The molecule has 2 atom stereocenters. The minimum absolute atomic E-state index is 0.208. The maximum Gasteiger partial charge on any atom is 0.163 e. The number of aliphatic hydroxyl groups excluding tert-OH is 1. The van der Waals surface area contributed by atoms with Gasteiger partial charge in [-0.25, -0.2) is 4.98 Å². The van der Waals surface area contributed by atoms with E-state index in [1.807, 2.05) is 28.9 Å². The molecule has 1 aromatic carbocycles. The van der Waals surface area contributed by atoms with Crippen LogP contribution in [0.25, 0.3) is 16.9 Å². The first-order chi connectivity index (χ1) is 18.2. The summed E-state index contributed by atoms with van der Waals surface area (Å²) in [5.74, 6) is 3.21. The summed E-state index contributed by atoms with van der Waals surface area (Å²) in [4.78, 5) is 9.40. The average molecular weight is 500 g/mol. The zero-order valence-electron chi connectivity index (χ0n) is 21.0. The molecule has 1 aliphatic heterocycles. The Hall–Kier alpha value is -3.69. The number of aromatic nitrogens is 4. The lowest BCUT2D eigenvalue weighted by Gasteiger charge is -2.28. The fourth-order valence-electron chi connectivity index (χ4n) is 4.99. The minimum atomic E-state index is -0.339. The first kappa shape index (κ1) is 23.7. The predicted molar refractivity (Wildman–Crippen MR) is 144 cm³/mol. The normalized spacial score (nSPS) is 19.6. The van der Waals surface area contributed by atoms with Crippen molar-refractivity contribution >= 4 is 17.3 Å². The lowest BCUT2D eigenvalue weighted by molar-refractivity contribution is 0.0883. The molecule has 6 rings (SSSR count). The number of β-amino-alcohol motifs (C(OH)–C–C–N with tert-alkyl or cyclic N) is 1. The van der Waals surface area contributed by atoms with E-state index in [1.54, 1.807) is 13.3 Å². The highest BCUT2D eigenvalue weighted by atomic mass is 16.5. The van der Waals surface area contributed by atoms with Crippen LogP contribution in [0.4, 0.5) is 11.6 Å². The van der Waals surface area contributed by atoms with E-state index in [1.165, 1.54) is 18.4 Å². The Morgan fingerprint density at radius 1 is 1.14 bits per heavy atom. The molecule has 9 heteroatoms. The zero-order valence-corrected chi connectivity index (χ0v) is 21.0. The molecule has 1 aliphatic carbocycles. The number of ether oxygens (including phenoxy) is 1. The largest absolute Gasteiger partial charge is 0.494 e. The van der Waals surface area contributed by atoms with Crippen LogP contribution in [-0.4, -0.2) is 57.5 Å². The highest BCUT2D eigenvalue weighted by molar-refractivity contribution is 5.66. The maximum absolute atomic E-state index is 10.3. The van der Waals surface area contributed by atoms with E-state index in [0.29, 0.717) is 25.6 Å². The third kappa shape index (κ3) is 5.10. The molecule has 4 N–H and O–H groups in total. The molecule has 0 radical (unpaired) electrons. The molecule has 1 saturated carbocycles. The van der Waals surface area contributed by atoms with Gasteiger partial charge < -0.3 is 25.8 Å². The van der Waals surface area contributed by atoms with Gasteiger partial charge in [0.05, 0.1) is 19.4 Å². The summed E-state index contributed by atoms with van der Waals surface area (Å²) in [6.07, 6.45) is 6.73. The lowest BCUT2D eigenvalue weighted by atomic mass is 9.95. The van der Waals surface area contributed by atoms with Crippen LogP contribution >= 0.6 is 0 Å². The van der Waals surface area contributed by atoms with Crippen molar-refractivity contribution in [3.05, 3.63) is 66.0 Å². The van der Waals surface area contributed by atoms with Crippen molar-refractivity contribution in [3.63, 3.8) is 0 Å². The Kier molecular flexibility index (Phi) is 6.63. The Balaban J connectivity index is 1.21. The first-order valence-electron chi connectivity index (χ1n) is 13.0. The fraction of sp³-hybridized carbons (Fsp3) is 0.393. The van der Waals surface area contributed by atoms with Gasteiger partial charge in [-0.2, -0.15) is 9.61 Å². The quantitative estimate of drug-likeness (QED) is 0.276. The van der Waals surface area contributed by atoms with Gasteiger partial charge in [0.15, 0.2) is 5.65 Å². The summed E-state index contributed by atoms with van der Waals surface area (Å²) in [6, 6.07) is 14.1. The van der Waals surface area contributed by atoms with E-state index >= 15 is 0 Å². The molecule has 4 aromatic rings. The number of benzene rings is 1. The van der Waals surface area contributed by atoms with E-state index in [0.717, 1.165) is 52.8 Å². The Morgan fingerprint density at radius 3 is 2.78 bits per heavy atom. The number of pyridine rings is 1. The third-order valence-electron chi connectivity index (χ3n) is 7.34. The standard InChI is InChI=1S/C28H33N7O2/c1-37-24-3-2-11-30-27(24)20-6-4-18(5-7-20)14-32-26-13-25(31-15-21-10-12-29-17-23(21)36)34-28-22(19-8-9-19)16-33-35(26)28/h2-7,11,13,16,19,21,23,29,32,36H,8-10,12,14-15,17H2,1H3,(H,31,34)/t21-,23+/m1/s1. The molecule has 37 heavy (non-hydrogen) atoms. The summed E-state index contributed by atoms with van der Waals surface area (Å²) < 4.78 is 7.37. The van der Waals surface area contributed by atoms with Gasteiger partial charge in [0.2, 0.25) is 0 Å². The molecule has 9 nitrogen and oxygen atoms in total. The zero-order chi connectivity index (χ0) is 25.2. The number of hydrogen-bond donors (Lipinski definition) is 4. The van der Waals surface area contributed by atoms with Crippen LogP contribution in [0.15, 0.2) is 54.9 Å². The lowest BCUT2D eigenvalue weighted by Crippen LogP contribution is -2.43. The summed E-state index contributed by atoms with van der Waals surface area (Å²) in [5, 5.41) is 25.3. The van der Waals surface area contributed by atoms with Gasteiger partial charge in [-0.05, 0) is 49.4 Å². The van der Waals surface area contributed by atoms with Gasteiger partial charge in [0.1, 0.15) is 23.1 Å². The van der Waals surface area contributed by atoms with Crippen molar-refractivity contribution < 1.29 is 9.84 Å². The number of hydrogen-bond acceptors (Lipinski definition) is 8. The highest BCUT2D eigenvalue weighted by Crippen LogP contribution is 2.42. The van der Waals surface area contributed by atoms with Crippen LogP contribution in [0.5, 0.6) is 5.75 Å². The number of nitrogens with one attached hydrogen (secondary N) is 3. The van der Waals surface area contributed by atoms with E-state index in [2.05, 4.69) is 50.3 Å². The molecule has 0 unspecified atom stereocenters. The fourth-order valence-corrected chi connectivity index (χ4v) is 4.99. The molecule has 1 saturated heterocycles. The number of nitrogens with zero attached hydrogens (tertiary/aromatic N) is 4. The van der Waals surface area contributed by atoms with E-state index in [9.17, 15) is 5.11 Å². The van der Waals surface area contributed by atoms with Gasteiger partial charge in [0, 0.05) is 48.9 Å². The number of piperidine rings is 1. The molecular weight excluding hydrogens is 466 g/mol. The summed E-state index contributed by atoms with van der Waals surface area (Å²) in [5.41, 5.74) is 5.10. The van der Waals surface area contributed by atoms with Crippen molar-refractivity contribution in [2.24, 2.45) is 5.92 Å². The maximum atomic E-state index is 10.3. The van der Waals surface area contributed by atoms with Crippen LogP contribution in [0.3, 0.4) is 0 Å². The van der Waals surface area contributed by atoms with Gasteiger partial charge >= 0.3 is 0 Å². The van der Waals surface area contributed by atoms with Gasteiger partial charge in [0.25, 0.3) is 0 Å². The summed E-state index contributed by atoms with van der Waals surface area (Å²) in [6.45, 7) is 2.91. The van der Waals surface area contributed by atoms with Crippen LogP contribution < -0.4 is 20.7 Å². The molecule has 4 heterocycles. The van der Waals surface area contributed by atoms with E-state index in [4.69, 9.17) is 9.72 Å². The summed E-state index contributed by atoms with van der Waals surface area (Å²) in [7, 11) is 1.66. The second kappa shape index (κ2) is 10.4. The Morgan fingerprint density at radius 2 is 2.00 bits per heavy atom. The molecule has 0 amide bonds. The van der Waals surface area contributed by atoms with Crippen molar-refractivity contribution in [2.75, 3.05) is 37.4 Å². The van der Waals surface area contributed by atoms with Gasteiger partial charge in [-0.15, -0.1) is 0 Å². The number of rotatable bonds is 9. The van der Waals surface area contributed by atoms with Crippen LogP contribution in [0.1, 0.15) is 36.3 Å². The molecule has 0 bridgehead atoms. The number of anilines is 2. The molecule has 2 fully saturated rings. The van der Waals surface area contributed by atoms with Crippen LogP contribution in [0.2, 0.25) is 0 Å². The number of fused-ring (bicyclic) bond motifs is 1. The van der Waals surface area contributed by atoms with E-state index < -0.39 is 0 Å². The van der Waals surface area contributed by atoms with Crippen molar-refractivity contribution in [1.29, 1.82) is 0 Å². The minimum Gasteiger partial charge on any atom is -0.494 e. The topological polar surface area (TPSA) is 109 Å². The molecule has 192 valence electrons. The number of aliphatic hydroxyl groups is 1. The van der Waals surface area contributed by atoms with Crippen LogP contribution in [-0.2, 0) is 6.54 Å². The third-order valence-corrected chi connectivity index (χ3v) is 7.34. The monoisotopic (exact) mass is 499 g/mol. The summed E-state index contributed by atoms with van der Waals surface area (Å²) >= 11 is 0. The molecule has 2 aliphatic rings. The van der Waals surface area contributed by atoms with Crippen molar-refractivity contribution in [1.82, 2.24) is 24.9 Å². The Bertz CT molecular complexity index is 1370. The van der Waals surface area contributed by atoms with Crippen molar-refractivity contribution in [3.8, 4) is 17.0 Å².